The molecule has 4 heteroatoms. The normalized spacial score (nSPS) is 9.25. The Morgan fingerprint density at radius 3 is 3.00 bits per heavy atom. The average molecular weight is 218 g/mol. The highest BCUT2D eigenvalue weighted by atomic mass is 16.5. The summed E-state index contributed by atoms with van der Waals surface area (Å²) in [5.41, 5.74) is 6.57. The summed E-state index contributed by atoms with van der Waals surface area (Å²) in [7, 11) is 0. The zero-order valence-electron chi connectivity index (χ0n) is 9.12. The van der Waals surface area contributed by atoms with E-state index in [1.807, 2.05) is 6.92 Å². The Balaban J connectivity index is 2.98. The van der Waals surface area contributed by atoms with Gasteiger partial charge < -0.3 is 15.8 Å². The second kappa shape index (κ2) is 5.66. The summed E-state index contributed by atoms with van der Waals surface area (Å²) in [6.07, 6.45) is 5.06. The molecule has 1 amide bonds. The number of ether oxygens (including phenoxy) is 1. The number of amides is 1. The largest absolute Gasteiger partial charge is 0.491 e. The van der Waals surface area contributed by atoms with Crippen molar-refractivity contribution in [2.24, 2.45) is 0 Å². The molecule has 0 atom stereocenters. The lowest BCUT2D eigenvalue weighted by molar-refractivity contribution is 0.0955. The molecule has 0 radical (unpaired) electrons. The Hall–Kier alpha value is -2.15. The van der Waals surface area contributed by atoms with E-state index >= 15 is 0 Å². The van der Waals surface area contributed by atoms with Crippen molar-refractivity contribution in [3.8, 4) is 18.1 Å². The van der Waals surface area contributed by atoms with E-state index in [1.54, 1.807) is 18.2 Å². The summed E-state index contributed by atoms with van der Waals surface area (Å²) in [5, 5.41) is 2.56. The standard InChI is InChI=1S/C12H14N2O2/c1-3-8-14-12(15)9-6-5-7-10(13)11(9)16-4-2/h1,5-7H,4,8,13H2,2H3,(H,14,15). The van der Waals surface area contributed by atoms with Gasteiger partial charge >= 0.3 is 0 Å². The summed E-state index contributed by atoms with van der Waals surface area (Å²) in [6.45, 7) is 2.46. The number of hydrogen-bond donors (Lipinski definition) is 2. The number of terminal acetylenes is 1. The van der Waals surface area contributed by atoms with Crippen LogP contribution in [-0.4, -0.2) is 19.1 Å². The van der Waals surface area contributed by atoms with Gasteiger partial charge in [-0.15, -0.1) is 6.42 Å². The van der Waals surface area contributed by atoms with Crippen molar-refractivity contribution in [2.75, 3.05) is 18.9 Å². The number of hydrogen-bond acceptors (Lipinski definition) is 3. The Morgan fingerprint density at radius 2 is 2.38 bits per heavy atom. The summed E-state index contributed by atoms with van der Waals surface area (Å²) in [6, 6.07) is 5.03. The van der Waals surface area contributed by atoms with E-state index in [0.29, 0.717) is 23.6 Å². The number of rotatable bonds is 4. The molecule has 1 aromatic rings. The van der Waals surface area contributed by atoms with Gasteiger partial charge in [-0.2, -0.15) is 0 Å². The molecule has 0 saturated carbocycles. The van der Waals surface area contributed by atoms with Gasteiger partial charge in [0.1, 0.15) is 0 Å². The molecule has 0 aliphatic rings. The Morgan fingerprint density at radius 1 is 1.62 bits per heavy atom. The highest BCUT2D eigenvalue weighted by molar-refractivity contribution is 5.98. The van der Waals surface area contributed by atoms with Gasteiger partial charge in [0.25, 0.3) is 5.91 Å². The molecule has 1 aromatic carbocycles. The van der Waals surface area contributed by atoms with E-state index in [2.05, 4.69) is 11.2 Å². The zero-order chi connectivity index (χ0) is 12.0. The van der Waals surface area contributed by atoms with E-state index < -0.39 is 0 Å². The molecular weight excluding hydrogens is 204 g/mol. The first-order valence-electron chi connectivity index (χ1n) is 4.93. The fourth-order valence-electron chi connectivity index (χ4n) is 1.27. The van der Waals surface area contributed by atoms with Gasteiger partial charge in [0.05, 0.1) is 24.4 Å². The summed E-state index contributed by atoms with van der Waals surface area (Å²) in [4.78, 5) is 11.7. The quantitative estimate of drug-likeness (QED) is 0.586. The van der Waals surface area contributed by atoms with Crippen molar-refractivity contribution < 1.29 is 9.53 Å². The number of nitrogens with two attached hydrogens (primary N) is 1. The molecule has 1 rings (SSSR count). The van der Waals surface area contributed by atoms with Gasteiger partial charge in [-0.25, -0.2) is 0 Å². The van der Waals surface area contributed by atoms with Crippen LogP contribution in [0.25, 0.3) is 0 Å². The van der Waals surface area contributed by atoms with Crippen LogP contribution in [0.4, 0.5) is 5.69 Å². The van der Waals surface area contributed by atoms with Crippen molar-refractivity contribution in [3.05, 3.63) is 23.8 Å². The minimum absolute atomic E-state index is 0.180. The molecule has 3 N–H and O–H groups in total. The Labute approximate surface area is 94.8 Å². The lowest BCUT2D eigenvalue weighted by Crippen LogP contribution is -2.24. The summed E-state index contributed by atoms with van der Waals surface area (Å²) >= 11 is 0. The van der Waals surface area contributed by atoms with Gasteiger partial charge in [-0.05, 0) is 19.1 Å². The van der Waals surface area contributed by atoms with Crippen LogP contribution in [0.5, 0.6) is 5.75 Å². The summed E-state index contributed by atoms with van der Waals surface area (Å²) < 4.78 is 5.33. The lowest BCUT2D eigenvalue weighted by Gasteiger charge is -2.11. The highest BCUT2D eigenvalue weighted by Gasteiger charge is 2.13. The van der Waals surface area contributed by atoms with Crippen molar-refractivity contribution in [1.29, 1.82) is 0 Å². The van der Waals surface area contributed by atoms with Crippen LogP contribution in [0, 0.1) is 12.3 Å². The molecule has 84 valence electrons. The molecule has 0 aliphatic heterocycles. The number of carbonyl (C=O) groups excluding carboxylic acids is 1. The minimum Gasteiger partial charge on any atom is -0.491 e. The molecule has 0 heterocycles. The van der Waals surface area contributed by atoms with Crippen LogP contribution in [0.2, 0.25) is 0 Å². The number of benzene rings is 1. The van der Waals surface area contributed by atoms with Crippen LogP contribution in [0.3, 0.4) is 0 Å². The molecule has 0 spiro atoms. The van der Waals surface area contributed by atoms with E-state index in [0.717, 1.165) is 0 Å². The lowest BCUT2D eigenvalue weighted by atomic mass is 10.1. The predicted molar refractivity (Wildman–Crippen MR) is 63.2 cm³/mol. The highest BCUT2D eigenvalue weighted by Crippen LogP contribution is 2.26. The van der Waals surface area contributed by atoms with Gasteiger partial charge in [-0.1, -0.05) is 12.0 Å². The van der Waals surface area contributed by atoms with E-state index in [4.69, 9.17) is 16.9 Å². The topological polar surface area (TPSA) is 64.4 Å². The average Bonchev–Trinajstić information content (AvgIpc) is 2.29. The summed E-state index contributed by atoms with van der Waals surface area (Å²) in [5.74, 6) is 2.45. The first kappa shape index (κ1) is 11.9. The van der Waals surface area contributed by atoms with Gasteiger partial charge in [0.15, 0.2) is 5.75 Å². The predicted octanol–water partition coefficient (Wildman–Crippen LogP) is 1.03. The molecule has 0 aliphatic carbocycles. The molecule has 4 nitrogen and oxygen atoms in total. The third kappa shape index (κ3) is 2.67. The number of anilines is 1. The van der Waals surface area contributed by atoms with Crippen LogP contribution >= 0.6 is 0 Å². The maximum Gasteiger partial charge on any atom is 0.255 e. The third-order valence-corrected chi connectivity index (χ3v) is 1.93. The van der Waals surface area contributed by atoms with Crippen molar-refractivity contribution in [2.45, 2.75) is 6.92 Å². The van der Waals surface area contributed by atoms with Crippen LogP contribution < -0.4 is 15.8 Å². The Bertz CT molecular complexity index is 422. The second-order valence-electron chi connectivity index (χ2n) is 3.04. The van der Waals surface area contributed by atoms with Crippen molar-refractivity contribution >= 4 is 11.6 Å². The number of nitrogens with one attached hydrogen (secondary N) is 1. The van der Waals surface area contributed by atoms with Crippen LogP contribution in [-0.2, 0) is 0 Å². The third-order valence-electron chi connectivity index (χ3n) is 1.93. The van der Waals surface area contributed by atoms with Gasteiger partial charge in [-0.3, -0.25) is 4.79 Å². The fourth-order valence-corrected chi connectivity index (χ4v) is 1.27. The van der Waals surface area contributed by atoms with Crippen molar-refractivity contribution in [1.82, 2.24) is 5.32 Å². The zero-order valence-corrected chi connectivity index (χ0v) is 9.12. The maximum atomic E-state index is 11.7. The number of para-hydroxylation sites is 1. The monoisotopic (exact) mass is 218 g/mol. The van der Waals surface area contributed by atoms with E-state index in [-0.39, 0.29) is 12.5 Å². The smallest absolute Gasteiger partial charge is 0.255 e. The van der Waals surface area contributed by atoms with Crippen LogP contribution in [0.15, 0.2) is 18.2 Å². The first-order valence-corrected chi connectivity index (χ1v) is 4.93. The Kier molecular flexibility index (Phi) is 4.22. The van der Waals surface area contributed by atoms with Crippen LogP contribution in [0.1, 0.15) is 17.3 Å². The molecule has 0 unspecified atom stereocenters. The van der Waals surface area contributed by atoms with Gasteiger partial charge in [0.2, 0.25) is 0 Å². The number of nitrogen functional groups attached to an aromatic ring is 1. The molecule has 0 fully saturated rings. The molecule has 0 aromatic heterocycles. The molecule has 16 heavy (non-hydrogen) atoms. The molecule has 0 bridgehead atoms. The SMILES string of the molecule is C#CCNC(=O)c1cccc(N)c1OCC. The van der Waals surface area contributed by atoms with Gasteiger partial charge in [0, 0.05) is 0 Å². The first-order chi connectivity index (χ1) is 7.70. The fraction of sp³-hybridized carbons (Fsp3) is 0.250. The van der Waals surface area contributed by atoms with Crippen molar-refractivity contribution in [3.63, 3.8) is 0 Å². The second-order valence-corrected chi connectivity index (χ2v) is 3.04. The maximum absolute atomic E-state index is 11.7. The number of carbonyl (C=O) groups is 1. The molecular formula is C12H14N2O2. The van der Waals surface area contributed by atoms with E-state index in [9.17, 15) is 4.79 Å². The molecule has 0 saturated heterocycles. The van der Waals surface area contributed by atoms with E-state index in [1.165, 1.54) is 0 Å². The minimum atomic E-state index is -0.284.